The Morgan fingerprint density at radius 1 is 1.27 bits per heavy atom. The molecular formula is C16H25N5O. The van der Waals surface area contributed by atoms with Crippen molar-refractivity contribution in [3.63, 3.8) is 0 Å². The number of nitrogens with zero attached hydrogens (tertiary/aromatic N) is 2. The summed E-state index contributed by atoms with van der Waals surface area (Å²) in [5, 5.41) is 3.20. The third-order valence-corrected chi connectivity index (χ3v) is 4.58. The highest BCUT2D eigenvalue weighted by Gasteiger charge is 2.32. The molecule has 6 nitrogen and oxygen atoms in total. The predicted molar refractivity (Wildman–Crippen MR) is 85.4 cm³/mol. The number of rotatable bonds is 6. The molecule has 22 heavy (non-hydrogen) atoms. The van der Waals surface area contributed by atoms with Crippen molar-refractivity contribution >= 4 is 11.7 Å². The van der Waals surface area contributed by atoms with Crippen molar-refractivity contribution in [1.82, 2.24) is 9.97 Å². The molecule has 0 unspecified atom stereocenters. The lowest BCUT2D eigenvalue weighted by Crippen LogP contribution is -2.40. The average molecular weight is 303 g/mol. The Balaban J connectivity index is 1.84. The van der Waals surface area contributed by atoms with Crippen LogP contribution in [0, 0.1) is 5.92 Å². The van der Waals surface area contributed by atoms with Gasteiger partial charge in [-0.25, -0.2) is 9.97 Å². The minimum atomic E-state index is -0.418. The third kappa shape index (κ3) is 3.21. The van der Waals surface area contributed by atoms with Gasteiger partial charge >= 0.3 is 0 Å². The molecule has 1 aromatic heterocycles. The zero-order valence-corrected chi connectivity index (χ0v) is 13.2. The van der Waals surface area contributed by atoms with Crippen molar-refractivity contribution in [2.24, 2.45) is 17.4 Å². The topological polar surface area (TPSA) is 107 Å². The molecule has 6 heteroatoms. The summed E-state index contributed by atoms with van der Waals surface area (Å²) < 4.78 is 0. The Hall–Kier alpha value is -1.69. The number of hydrogen-bond acceptors (Lipinski definition) is 5. The first-order chi connectivity index (χ1) is 10.4. The molecule has 0 saturated heterocycles. The van der Waals surface area contributed by atoms with Crippen LogP contribution in [0.4, 0.5) is 5.82 Å². The highest BCUT2D eigenvalue weighted by molar-refractivity contribution is 5.82. The Bertz CT molecular complexity index is 564. The monoisotopic (exact) mass is 303 g/mol. The Labute approximate surface area is 131 Å². The van der Waals surface area contributed by atoms with E-state index in [1.165, 1.54) is 0 Å². The Kier molecular flexibility index (Phi) is 4.04. The molecule has 2 fully saturated rings. The number of nitrogens with two attached hydrogens (primary N) is 2. The molecular weight excluding hydrogens is 278 g/mol. The molecule has 1 aromatic rings. The van der Waals surface area contributed by atoms with Crippen LogP contribution in [0.2, 0.25) is 0 Å². The van der Waals surface area contributed by atoms with Crippen LogP contribution in [0.3, 0.4) is 0 Å². The molecule has 0 spiro atoms. The maximum absolute atomic E-state index is 11.6. The molecule has 1 atom stereocenters. The number of nitrogens with one attached hydrogen (secondary N) is 1. The van der Waals surface area contributed by atoms with Crippen LogP contribution in [0.1, 0.15) is 62.9 Å². The average Bonchev–Trinajstić information content (AvgIpc) is 3.24. The highest BCUT2D eigenvalue weighted by Crippen LogP contribution is 2.41. The molecule has 2 saturated carbocycles. The quantitative estimate of drug-likeness (QED) is 0.738. The van der Waals surface area contributed by atoms with Gasteiger partial charge in [-0.15, -0.1) is 0 Å². The van der Waals surface area contributed by atoms with Crippen LogP contribution in [0.5, 0.6) is 0 Å². The van der Waals surface area contributed by atoms with Gasteiger partial charge in [0.1, 0.15) is 17.7 Å². The molecule has 2 aliphatic carbocycles. The number of amides is 1. The van der Waals surface area contributed by atoms with Crippen molar-refractivity contribution in [3.05, 3.63) is 17.6 Å². The Morgan fingerprint density at radius 3 is 2.45 bits per heavy atom. The molecule has 0 aromatic carbocycles. The maximum Gasteiger partial charge on any atom is 0.240 e. The number of primary amides is 1. The van der Waals surface area contributed by atoms with Crippen molar-refractivity contribution in [2.45, 2.75) is 63.5 Å². The lowest BCUT2D eigenvalue weighted by molar-refractivity contribution is -0.119. The molecule has 120 valence electrons. The van der Waals surface area contributed by atoms with Crippen LogP contribution >= 0.6 is 0 Å². The predicted octanol–water partition coefficient (Wildman–Crippen LogP) is 1.48. The summed E-state index contributed by atoms with van der Waals surface area (Å²) in [6.45, 7) is 3.94. The first kappa shape index (κ1) is 15.2. The van der Waals surface area contributed by atoms with Crippen LogP contribution in [-0.4, -0.2) is 28.0 Å². The number of anilines is 1. The van der Waals surface area contributed by atoms with Gasteiger partial charge in [0.25, 0.3) is 0 Å². The lowest BCUT2D eigenvalue weighted by atomic mass is 9.78. The van der Waals surface area contributed by atoms with Gasteiger partial charge in [0, 0.05) is 29.6 Å². The van der Waals surface area contributed by atoms with E-state index in [2.05, 4.69) is 10.3 Å². The van der Waals surface area contributed by atoms with E-state index in [4.69, 9.17) is 16.5 Å². The van der Waals surface area contributed by atoms with Crippen molar-refractivity contribution in [2.75, 3.05) is 5.32 Å². The highest BCUT2D eigenvalue weighted by atomic mass is 16.1. The summed E-state index contributed by atoms with van der Waals surface area (Å²) in [4.78, 5) is 20.9. The smallest absolute Gasteiger partial charge is 0.240 e. The van der Waals surface area contributed by atoms with Gasteiger partial charge in [-0.1, -0.05) is 13.8 Å². The summed E-state index contributed by atoms with van der Waals surface area (Å²) >= 11 is 0. The number of aromatic nitrogens is 2. The minimum absolute atomic E-state index is 0.109. The summed E-state index contributed by atoms with van der Waals surface area (Å²) in [7, 11) is 0. The van der Waals surface area contributed by atoms with E-state index in [1.54, 1.807) is 0 Å². The fourth-order valence-corrected chi connectivity index (χ4v) is 2.92. The summed E-state index contributed by atoms with van der Waals surface area (Å²) in [6.07, 6.45) is 4.25. The second-order valence-electron chi connectivity index (χ2n) is 7.01. The van der Waals surface area contributed by atoms with Crippen molar-refractivity contribution < 1.29 is 4.79 Å². The zero-order valence-electron chi connectivity index (χ0n) is 13.2. The summed E-state index contributed by atoms with van der Waals surface area (Å²) in [6, 6.07) is 1.83. The molecule has 1 heterocycles. The lowest BCUT2D eigenvalue weighted by Gasteiger charge is -2.32. The van der Waals surface area contributed by atoms with Crippen molar-refractivity contribution in [1.29, 1.82) is 0 Å². The normalized spacial score (nSPS) is 25.6. The zero-order chi connectivity index (χ0) is 15.9. The molecule has 0 aliphatic heterocycles. The van der Waals surface area contributed by atoms with E-state index in [1.807, 2.05) is 19.9 Å². The standard InChI is InChI=1S/C16H25N5O/c1-8(2)14(15(18)22)20-13-7-12(10-5-11(17)6-10)19-16(21-13)9-3-4-9/h7-11,14H,3-6,17H2,1-2H3,(H2,18,22)(H,19,20,21)/t10?,11?,14-/m0/s1. The molecule has 0 radical (unpaired) electrons. The van der Waals surface area contributed by atoms with E-state index >= 15 is 0 Å². The third-order valence-electron chi connectivity index (χ3n) is 4.58. The molecule has 3 rings (SSSR count). The van der Waals surface area contributed by atoms with E-state index in [0.29, 0.717) is 17.7 Å². The second kappa shape index (κ2) is 5.83. The molecule has 1 amide bonds. The van der Waals surface area contributed by atoms with Crippen LogP contribution < -0.4 is 16.8 Å². The molecule has 5 N–H and O–H groups in total. The molecule has 0 bridgehead atoms. The SMILES string of the molecule is CC(C)[C@H](Nc1cc(C2CC(N)C2)nc(C2CC2)n1)C(N)=O. The van der Waals surface area contributed by atoms with Crippen LogP contribution in [-0.2, 0) is 4.79 Å². The number of carbonyl (C=O) groups excluding carboxylic acids is 1. The van der Waals surface area contributed by atoms with Gasteiger partial charge in [0.2, 0.25) is 5.91 Å². The first-order valence-corrected chi connectivity index (χ1v) is 8.14. The Morgan fingerprint density at radius 2 is 1.95 bits per heavy atom. The fraction of sp³-hybridized carbons (Fsp3) is 0.688. The van der Waals surface area contributed by atoms with Gasteiger partial charge in [-0.2, -0.15) is 0 Å². The van der Waals surface area contributed by atoms with E-state index in [0.717, 1.165) is 37.2 Å². The van der Waals surface area contributed by atoms with Crippen molar-refractivity contribution in [3.8, 4) is 0 Å². The van der Waals surface area contributed by atoms with Gasteiger partial charge in [0.15, 0.2) is 0 Å². The van der Waals surface area contributed by atoms with E-state index in [-0.39, 0.29) is 17.9 Å². The van der Waals surface area contributed by atoms with Gasteiger partial charge in [-0.05, 0) is 31.6 Å². The van der Waals surface area contributed by atoms with E-state index in [9.17, 15) is 4.79 Å². The minimum Gasteiger partial charge on any atom is -0.368 e. The summed E-state index contributed by atoms with van der Waals surface area (Å²) in [5.74, 6) is 2.26. The van der Waals surface area contributed by atoms with Crippen LogP contribution in [0.25, 0.3) is 0 Å². The first-order valence-electron chi connectivity index (χ1n) is 8.14. The maximum atomic E-state index is 11.6. The van der Waals surface area contributed by atoms with Gasteiger partial charge in [0.05, 0.1) is 0 Å². The number of hydrogen-bond donors (Lipinski definition) is 3. The number of carbonyl (C=O) groups is 1. The molecule has 2 aliphatic rings. The summed E-state index contributed by atoms with van der Waals surface area (Å²) in [5.41, 5.74) is 12.4. The van der Waals surface area contributed by atoms with Crippen LogP contribution in [0.15, 0.2) is 6.07 Å². The van der Waals surface area contributed by atoms with Gasteiger partial charge in [-0.3, -0.25) is 4.79 Å². The second-order valence-corrected chi connectivity index (χ2v) is 7.01. The van der Waals surface area contributed by atoms with E-state index < -0.39 is 6.04 Å². The van der Waals surface area contributed by atoms with Gasteiger partial charge < -0.3 is 16.8 Å². The largest absolute Gasteiger partial charge is 0.368 e. The fourth-order valence-electron chi connectivity index (χ4n) is 2.92.